The van der Waals surface area contributed by atoms with Gasteiger partial charge in [0.1, 0.15) is 11.4 Å². The van der Waals surface area contributed by atoms with Crippen LogP contribution in [-0.4, -0.2) is 21.0 Å². The van der Waals surface area contributed by atoms with E-state index in [1.54, 1.807) is 30.5 Å². The first-order valence-electron chi connectivity index (χ1n) is 6.68. The van der Waals surface area contributed by atoms with Crippen LogP contribution in [0.4, 0.5) is 0 Å². The molecule has 6 nitrogen and oxygen atoms in total. The SMILES string of the molecule is O=C(NCc1ccccn1)c1cc(=O)c2cccc(O)c2[nH]1. The second-order valence-electron chi connectivity index (χ2n) is 4.75. The number of fused-ring (bicyclic) bond motifs is 1. The molecule has 0 atom stereocenters. The number of pyridine rings is 2. The Morgan fingerprint density at radius 2 is 2.09 bits per heavy atom. The minimum atomic E-state index is -0.437. The van der Waals surface area contributed by atoms with Crippen LogP contribution in [0, 0.1) is 0 Å². The predicted octanol–water partition coefficient (Wildman–Crippen LogP) is 1.56. The van der Waals surface area contributed by atoms with Gasteiger partial charge in [-0.3, -0.25) is 14.6 Å². The van der Waals surface area contributed by atoms with Crippen molar-refractivity contribution in [2.75, 3.05) is 0 Å². The molecule has 0 radical (unpaired) electrons. The number of amides is 1. The maximum Gasteiger partial charge on any atom is 0.268 e. The third-order valence-electron chi connectivity index (χ3n) is 3.24. The Kier molecular flexibility index (Phi) is 3.57. The Balaban J connectivity index is 1.88. The maximum absolute atomic E-state index is 12.1. The number of nitrogens with one attached hydrogen (secondary N) is 2. The standard InChI is InChI=1S/C16H13N3O3/c20-13-6-3-5-11-14(21)8-12(19-15(11)13)16(22)18-9-10-4-1-2-7-17-10/h1-8,20H,9H2,(H,18,22)(H,19,21). The van der Waals surface area contributed by atoms with Gasteiger partial charge in [-0.1, -0.05) is 12.1 Å². The minimum Gasteiger partial charge on any atom is -0.506 e. The second-order valence-corrected chi connectivity index (χ2v) is 4.75. The molecular weight excluding hydrogens is 282 g/mol. The van der Waals surface area contributed by atoms with E-state index >= 15 is 0 Å². The van der Waals surface area contributed by atoms with Gasteiger partial charge in [-0.25, -0.2) is 0 Å². The van der Waals surface area contributed by atoms with Crippen molar-refractivity contribution in [1.29, 1.82) is 0 Å². The lowest BCUT2D eigenvalue weighted by Crippen LogP contribution is -2.25. The number of H-pyrrole nitrogens is 1. The fourth-order valence-electron chi connectivity index (χ4n) is 2.15. The van der Waals surface area contributed by atoms with Crippen LogP contribution in [0.3, 0.4) is 0 Å². The number of rotatable bonds is 3. The fraction of sp³-hybridized carbons (Fsp3) is 0.0625. The topological polar surface area (TPSA) is 95.1 Å². The molecule has 3 N–H and O–H groups in total. The zero-order valence-electron chi connectivity index (χ0n) is 11.5. The highest BCUT2D eigenvalue weighted by Gasteiger charge is 2.11. The summed E-state index contributed by atoms with van der Waals surface area (Å²) >= 11 is 0. The third-order valence-corrected chi connectivity index (χ3v) is 3.24. The van der Waals surface area contributed by atoms with E-state index in [0.29, 0.717) is 11.1 Å². The average molecular weight is 295 g/mol. The first kappa shape index (κ1) is 13.8. The van der Waals surface area contributed by atoms with E-state index in [1.807, 2.05) is 6.07 Å². The van der Waals surface area contributed by atoms with Crippen molar-refractivity contribution in [3.05, 3.63) is 70.3 Å². The summed E-state index contributed by atoms with van der Waals surface area (Å²) in [7, 11) is 0. The van der Waals surface area contributed by atoms with Gasteiger partial charge in [0.15, 0.2) is 5.43 Å². The predicted molar refractivity (Wildman–Crippen MR) is 81.6 cm³/mol. The molecule has 0 fully saturated rings. The minimum absolute atomic E-state index is 0.0750. The summed E-state index contributed by atoms with van der Waals surface area (Å²) in [4.78, 5) is 31.0. The maximum atomic E-state index is 12.1. The van der Waals surface area contributed by atoms with Crippen LogP contribution >= 0.6 is 0 Å². The van der Waals surface area contributed by atoms with Crippen molar-refractivity contribution >= 4 is 16.8 Å². The van der Waals surface area contributed by atoms with E-state index in [0.717, 1.165) is 0 Å². The van der Waals surface area contributed by atoms with Gasteiger partial charge in [-0.15, -0.1) is 0 Å². The molecule has 2 aromatic heterocycles. The number of carbonyl (C=O) groups excluding carboxylic acids is 1. The lowest BCUT2D eigenvalue weighted by Gasteiger charge is -2.07. The number of aromatic hydroxyl groups is 1. The highest BCUT2D eigenvalue weighted by Crippen LogP contribution is 2.19. The van der Waals surface area contributed by atoms with E-state index in [2.05, 4.69) is 15.3 Å². The molecule has 110 valence electrons. The van der Waals surface area contributed by atoms with Gasteiger partial charge in [0.2, 0.25) is 0 Å². The molecule has 0 aliphatic heterocycles. The highest BCUT2D eigenvalue weighted by atomic mass is 16.3. The second kappa shape index (κ2) is 5.69. The normalized spacial score (nSPS) is 10.5. The molecule has 0 saturated heterocycles. The summed E-state index contributed by atoms with van der Waals surface area (Å²) < 4.78 is 0. The summed E-state index contributed by atoms with van der Waals surface area (Å²) in [5.74, 6) is -0.512. The zero-order chi connectivity index (χ0) is 15.5. The Morgan fingerprint density at radius 1 is 1.23 bits per heavy atom. The van der Waals surface area contributed by atoms with Gasteiger partial charge in [0.05, 0.1) is 17.8 Å². The number of benzene rings is 1. The van der Waals surface area contributed by atoms with Gasteiger partial charge in [-0.05, 0) is 24.3 Å². The number of aromatic nitrogens is 2. The van der Waals surface area contributed by atoms with Gasteiger partial charge in [0, 0.05) is 17.6 Å². The van der Waals surface area contributed by atoms with Gasteiger partial charge >= 0.3 is 0 Å². The Morgan fingerprint density at radius 3 is 2.86 bits per heavy atom. The van der Waals surface area contributed by atoms with Crippen molar-refractivity contribution in [2.24, 2.45) is 0 Å². The number of aromatic amines is 1. The number of hydrogen-bond donors (Lipinski definition) is 3. The van der Waals surface area contributed by atoms with Crippen molar-refractivity contribution in [3.63, 3.8) is 0 Å². The quantitative estimate of drug-likeness (QED) is 0.683. The number of phenolic OH excluding ortho intramolecular Hbond substituents is 1. The summed E-state index contributed by atoms with van der Waals surface area (Å²) in [5, 5.41) is 12.8. The average Bonchev–Trinajstić information content (AvgIpc) is 2.54. The van der Waals surface area contributed by atoms with E-state index in [4.69, 9.17) is 0 Å². The van der Waals surface area contributed by atoms with E-state index < -0.39 is 5.91 Å². The fourth-order valence-corrected chi connectivity index (χ4v) is 2.15. The van der Waals surface area contributed by atoms with Gasteiger partial charge < -0.3 is 15.4 Å². The molecule has 6 heteroatoms. The molecule has 0 bridgehead atoms. The molecular formula is C16H13N3O3. The molecule has 0 aliphatic carbocycles. The van der Waals surface area contributed by atoms with Crippen molar-refractivity contribution in [2.45, 2.75) is 6.54 Å². The summed E-state index contributed by atoms with van der Waals surface area (Å²) in [6.45, 7) is 0.251. The summed E-state index contributed by atoms with van der Waals surface area (Å²) in [5.41, 5.74) is 0.724. The van der Waals surface area contributed by atoms with Crippen LogP contribution in [0.5, 0.6) is 5.75 Å². The lowest BCUT2D eigenvalue weighted by molar-refractivity contribution is 0.0945. The molecule has 3 rings (SSSR count). The van der Waals surface area contributed by atoms with E-state index in [-0.39, 0.29) is 28.9 Å². The van der Waals surface area contributed by atoms with Crippen LogP contribution in [0.1, 0.15) is 16.2 Å². The smallest absolute Gasteiger partial charge is 0.268 e. The Bertz CT molecular complexity index is 888. The van der Waals surface area contributed by atoms with Gasteiger partial charge in [-0.2, -0.15) is 0 Å². The highest BCUT2D eigenvalue weighted by molar-refractivity contribution is 5.95. The summed E-state index contributed by atoms with van der Waals surface area (Å²) in [6, 6.07) is 11.2. The number of nitrogens with zero attached hydrogens (tertiary/aromatic N) is 1. The molecule has 0 aliphatic rings. The largest absolute Gasteiger partial charge is 0.506 e. The van der Waals surface area contributed by atoms with E-state index in [9.17, 15) is 14.7 Å². The first-order chi connectivity index (χ1) is 10.6. The zero-order valence-corrected chi connectivity index (χ0v) is 11.5. The monoisotopic (exact) mass is 295 g/mol. The molecule has 1 amide bonds. The number of para-hydroxylation sites is 1. The van der Waals surface area contributed by atoms with Crippen LogP contribution in [-0.2, 0) is 6.54 Å². The van der Waals surface area contributed by atoms with E-state index in [1.165, 1.54) is 12.1 Å². The van der Waals surface area contributed by atoms with Crippen molar-refractivity contribution in [1.82, 2.24) is 15.3 Å². The van der Waals surface area contributed by atoms with Crippen LogP contribution in [0.15, 0.2) is 53.5 Å². The molecule has 1 aromatic carbocycles. The molecule has 22 heavy (non-hydrogen) atoms. The first-order valence-corrected chi connectivity index (χ1v) is 6.68. The van der Waals surface area contributed by atoms with Crippen molar-refractivity contribution < 1.29 is 9.90 Å². The number of hydrogen-bond acceptors (Lipinski definition) is 4. The van der Waals surface area contributed by atoms with Crippen molar-refractivity contribution in [3.8, 4) is 5.75 Å². The molecule has 0 unspecified atom stereocenters. The third kappa shape index (κ3) is 2.67. The number of phenols is 1. The molecule has 2 heterocycles. The molecule has 0 saturated carbocycles. The van der Waals surface area contributed by atoms with Gasteiger partial charge in [0.25, 0.3) is 5.91 Å². The molecule has 3 aromatic rings. The number of carbonyl (C=O) groups is 1. The van der Waals surface area contributed by atoms with Crippen LogP contribution in [0.2, 0.25) is 0 Å². The molecule has 0 spiro atoms. The Labute approximate surface area is 125 Å². The summed E-state index contributed by atoms with van der Waals surface area (Å²) in [6.07, 6.45) is 1.64. The van der Waals surface area contributed by atoms with Crippen LogP contribution in [0.25, 0.3) is 10.9 Å². The lowest BCUT2D eigenvalue weighted by atomic mass is 10.1. The van der Waals surface area contributed by atoms with Crippen LogP contribution < -0.4 is 10.7 Å². The Hall–Kier alpha value is -3.15.